The van der Waals surface area contributed by atoms with Crippen LogP contribution in [0.25, 0.3) is 0 Å². The minimum absolute atomic E-state index is 0.219. The number of fused-ring (bicyclic) bond motifs is 1. The summed E-state index contributed by atoms with van der Waals surface area (Å²) in [5.41, 5.74) is 2.20. The van der Waals surface area contributed by atoms with Crippen LogP contribution < -0.4 is 0 Å². The minimum atomic E-state index is -3.50. The zero-order valence-electron chi connectivity index (χ0n) is 15.3. The number of thiophene rings is 1. The first-order valence-electron chi connectivity index (χ1n) is 9.35. The molecule has 0 unspecified atom stereocenters. The van der Waals surface area contributed by atoms with Gasteiger partial charge in [0.1, 0.15) is 0 Å². The van der Waals surface area contributed by atoms with Gasteiger partial charge in [-0.15, -0.1) is 11.3 Å². The molecule has 0 amide bonds. The highest BCUT2D eigenvalue weighted by atomic mass is 32.2. The van der Waals surface area contributed by atoms with Gasteiger partial charge in [-0.1, -0.05) is 44.2 Å². The second kappa shape index (κ2) is 7.08. The monoisotopic (exact) mass is 390 g/mol. The van der Waals surface area contributed by atoms with Gasteiger partial charge in [-0.3, -0.25) is 0 Å². The first kappa shape index (κ1) is 18.2. The van der Waals surface area contributed by atoms with Gasteiger partial charge in [-0.25, -0.2) is 0 Å². The molecule has 0 bridgehead atoms. The van der Waals surface area contributed by atoms with Gasteiger partial charge in [0.05, 0.1) is 6.04 Å². The lowest BCUT2D eigenvalue weighted by Gasteiger charge is -2.41. The molecular formula is C20H26N2O2S2. The maximum atomic E-state index is 13.6. The molecule has 0 radical (unpaired) electrons. The Morgan fingerprint density at radius 1 is 1.04 bits per heavy atom. The van der Waals surface area contributed by atoms with E-state index in [9.17, 15) is 8.42 Å². The number of benzene rings is 1. The smallest absolute Gasteiger partial charge is 0.195 e. The van der Waals surface area contributed by atoms with Crippen LogP contribution in [0.3, 0.4) is 0 Å². The molecule has 0 aliphatic carbocycles. The van der Waals surface area contributed by atoms with Crippen molar-refractivity contribution in [2.24, 2.45) is 11.8 Å². The van der Waals surface area contributed by atoms with Crippen LogP contribution in [0.15, 0.2) is 41.8 Å². The molecule has 0 N–H and O–H groups in total. The fraction of sp³-hybridized carbons (Fsp3) is 0.500. The number of hydrogen-bond donors (Lipinski definition) is 0. The Morgan fingerprint density at radius 3 is 2.42 bits per heavy atom. The van der Waals surface area contributed by atoms with Crippen molar-refractivity contribution in [1.29, 1.82) is 0 Å². The molecule has 26 heavy (non-hydrogen) atoms. The molecule has 0 spiro atoms. The van der Waals surface area contributed by atoms with E-state index in [2.05, 4.69) is 25.3 Å². The highest BCUT2D eigenvalue weighted by Gasteiger charge is 2.41. The Morgan fingerprint density at radius 2 is 1.73 bits per heavy atom. The number of piperidine rings is 1. The van der Waals surface area contributed by atoms with Crippen LogP contribution >= 0.6 is 11.3 Å². The average molecular weight is 391 g/mol. The molecule has 4 nitrogen and oxygen atoms in total. The number of nitrogens with zero attached hydrogens (tertiary/aromatic N) is 2. The zero-order valence-corrected chi connectivity index (χ0v) is 17.0. The van der Waals surface area contributed by atoms with Gasteiger partial charge in [-0.2, -0.15) is 17.0 Å². The summed E-state index contributed by atoms with van der Waals surface area (Å²) in [6.45, 7) is 6.11. The van der Waals surface area contributed by atoms with Crippen molar-refractivity contribution in [3.05, 3.63) is 57.8 Å². The predicted molar refractivity (Wildman–Crippen MR) is 106 cm³/mol. The van der Waals surface area contributed by atoms with Crippen molar-refractivity contribution >= 4 is 21.5 Å². The molecule has 2 aliphatic heterocycles. The fourth-order valence-electron chi connectivity index (χ4n) is 4.47. The van der Waals surface area contributed by atoms with Gasteiger partial charge in [0.2, 0.25) is 0 Å². The third kappa shape index (κ3) is 3.24. The van der Waals surface area contributed by atoms with Crippen LogP contribution in [0.4, 0.5) is 0 Å². The summed E-state index contributed by atoms with van der Waals surface area (Å²) in [5, 5.41) is 2.09. The summed E-state index contributed by atoms with van der Waals surface area (Å²) >= 11 is 1.74. The van der Waals surface area contributed by atoms with E-state index >= 15 is 0 Å². The van der Waals surface area contributed by atoms with Crippen molar-refractivity contribution in [3.8, 4) is 0 Å². The van der Waals surface area contributed by atoms with Crippen LogP contribution in [-0.4, -0.2) is 36.7 Å². The first-order chi connectivity index (χ1) is 12.5. The molecule has 0 saturated carbocycles. The van der Waals surface area contributed by atoms with Gasteiger partial charge in [-0.05, 0) is 47.3 Å². The van der Waals surface area contributed by atoms with Crippen molar-refractivity contribution in [1.82, 2.24) is 8.61 Å². The normalized spacial score (nSPS) is 28.0. The molecule has 2 aliphatic rings. The Hall–Kier alpha value is -1.21. The van der Waals surface area contributed by atoms with Crippen LogP contribution in [0.1, 0.15) is 42.3 Å². The standard InChI is InChI=1S/C20H26N2O2S2/c1-15-12-16(2)14-21(13-15)26(23,24)22-10-8-19-18(9-11-25-19)20(22)17-6-4-3-5-7-17/h3-7,9,11,15-16,20H,8,10,12-14H2,1-2H3/t15-,16+,20-/m1/s1. The van der Waals surface area contributed by atoms with E-state index in [1.807, 2.05) is 30.3 Å². The van der Waals surface area contributed by atoms with Crippen molar-refractivity contribution in [2.75, 3.05) is 19.6 Å². The lowest BCUT2D eigenvalue weighted by molar-refractivity contribution is 0.202. The molecule has 6 heteroatoms. The zero-order chi connectivity index (χ0) is 18.3. The Kier molecular flexibility index (Phi) is 4.94. The fourth-order valence-corrected chi connectivity index (χ4v) is 7.38. The van der Waals surface area contributed by atoms with Crippen LogP contribution in [0, 0.1) is 11.8 Å². The van der Waals surface area contributed by atoms with E-state index in [0.29, 0.717) is 31.5 Å². The molecule has 1 aromatic heterocycles. The Labute approximate surface area is 160 Å². The number of hydrogen-bond acceptors (Lipinski definition) is 3. The van der Waals surface area contributed by atoms with Gasteiger partial charge >= 0.3 is 0 Å². The van der Waals surface area contributed by atoms with Gasteiger partial charge < -0.3 is 0 Å². The summed E-state index contributed by atoms with van der Waals surface area (Å²) in [6, 6.07) is 11.9. The third-order valence-corrected chi connectivity index (χ3v) is 8.43. The topological polar surface area (TPSA) is 40.6 Å². The van der Waals surface area contributed by atoms with Gasteiger partial charge in [0, 0.05) is 24.5 Å². The summed E-state index contributed by atoms with van der Waals surface area (Å²) < 4.78 is 30.7. The van der Waals surface area contributed by atoms with E-state index in [1.165, 1.54) is 4.88 Å². The molecule has 1 fully saturated rings. The Bertz CT molecular complexity index is 853. The van der Waals surface area contributed by atoms with Gasteiger partial charge in [0.25, 0.3) is 10.2 Å². The van der Waals surface area contributed by atoms with E-state index in [0.717, 1.165) is 24.0 Å². The lowest BCUT2D eigenvalue weighted by atomic mass is 9.94. The molecule has 140 valence electrons. The Balaban J connectivity index is 1.74. The molecule has 3 heterocycles. The van der Waals surface area contributed by atoms with E-state index < -0.39 is 10.2 Å². The van der Waals surface area contributed by atoms with E-state index in [1.54, 1.807) is 19.9 Å². The minimum Gasteiger partial charge on any atom is -0.195 e. The lowest BCUT2D eigenvalue weighted by Crippen LogP contribution is -2.52. The number of rotatable bonds is 3. The average Bonchev–Trinajstić information content (AvgIpc) is 3.09. The summed E-state index contributed by atoms with van der Waals surface area (Å²) in [5.74, 6) is 0.815. The quantitative estimate of drug-likeness (QED) is 0.797. The molecule has 1 aromatic carbocycles. The molecular weight excluding hydrogens is 364 g/mol. The van der Waals surface area contributed by atoms with Crippen LogP contribution in [0.2, 0.25) is 0 Å². The highest BCUT2D eigenvalue weighted by molar-refractivity contribution is 7.86. The second-order valence-corrected chi connectivity index (χ2v) is 10.6. The predicted octanol–water partition coefficient (Wildman–Crippen LogP) is 3.92. The summed E-state index contributed by atoms with van der Waals surface area (Å²) in [6.07, 6.45) is 1.90. The maximum absolute atomic E-state index is 13.6. The third-order valence-electron chi connectivity index (χ3n) is 5.50. The second-order valence-electron chi connectivity index (χ2n) is 7.74. The maximum Gasteiger partial charge on any atom is 0.282 e. The highest BCUT2D eigenvalue weighted by Crippen LogP contribution is 2.40. The van der Waals surface area contributed by atoms with Crippen LogP contribution in [-0.2, 0) is 16.6 Å². The van der Waals surface area contributed by atoms with Crippen molar-refractivity contribution < 1.29 is 8.42 Å². The van der Waals surface area contributed by atoms with Gasteiger partial charge in [0.15, 0.2) is 0 Å². The molecule has 3 atom stereocenters. The van der Waals surface area contributed by atoms with Crippen LogP contribution in [0.5, 0.6) is 0 Å². The molecule has 1 saturated heterocycles. The summed E-state index contributed by atoms with van der Waals surface area (Å²) in [4.78, 5) is 1.31. The van der Waals surface area contributed by atoms with E-state index in [-0.39, 0.29) is 6.04 Å². The largest absolute Gasteiger partial charge is 0.282 e. The van der Waals surface area contributed by atoms with E-state index in [4.69, 9.17) is 0 Å². The molecule has 4 rings (SSSR count). The SMILES string of the molecule is C[C@@H]1C[C@H](C)CN(S(=O)(=O)N2CCc3sccc3[C@H]2c2ccccc2)C1. The van der Waals surface area contributed by atoms with Crippen molar-refractivity contribution in [2.45, 2.75) is 32.7 Å². The molecule has 2 aromatic rings. The summed E-state index contributed by atoms with van der Waals surface area (Å²) in [7, 11) is -3.50. The van der Waals surface area contributed by atoms with Crippen molar-refractivity contribution in [3.63, 3.8) is 0 Å². The first-order valence-corrected chi connectivity index (χ1v) is 11.6.